The van der Waals surface area contributed by atoms with Crippen LogP contribution in [0.4, 0.5) is 5.69 Å². The third-order valence-corrected chi connectivity index (χ3v) is 4.45. The van der Waals surface area contributed by atoms with Gasteiger partial charge in [0.25, 0.3) is 5.91 Å². The van der Waals surface area contributed by atoms with Gasteiger partial charge >= 0.3 is 0 Å². The number of hydrogen-bond acceptors (Lipinski definition) is 5. The minimum Gasteiger partial charge on any atom is -0.396 e. The largest absolute Gasteiger partial charge is 0.396 e. The zero-order valence-corrected chi connectivity index (χ0v) is 13.5. The monoisotopic (exact) mass is 304 g/mol. The molecule has 0 aliphatic carbocycles. The number of aromatic nitrogens is 2. The predicted molar refractivity (Wildman–Crippen MR) is 85.4 cm³/mol. The van der Waals surface area contributed by atoms with Gasteiger partial charge in [-0.05, 0) is 18.4 Å². The van der Waals surface area contributed by atoms with Gasteiger partial charge in [0.05, 0.1) is 17.9 Å². The molecule has 1 unspecified atom stereocenters. The predicted octanol–water partition coefficient (Wildman–Crippen LogP) is 3.08. The normalized spacial score (nSPS) is 12.4. The molecule has 5 nitrogen and oxygen atoms in total. The minimum absolute atomic E-state index is 0.0191. The molecule has 1 atom stereocenters. The quantitative estimate of drug-likeness (QED) is 0.942. The van der Waals surface area contributed by atoms with Crippen molar-refractivity contribution < 1.29 is 4.79 Å². The molecule has 0 aliphatic heterocycles. The Kier molecular flexibility index (Phi) is 4.57. The lowest BCUT2D eigenvalue weighted by atomic mass is 10.2. The summed E-state index contributed by atoms with van der Waals surface area (Å²) in [7, 11) is 1.77. The molecule has 1 amide bonds. The molecule has 0 radical (unpaired) electrons. The maximum absolute atomic E-state index is 12.6. The van der Waals surface area contributed by atoms with Crippen LogP contribution in [0.2, 0.25) is 0 Å². The summed E-state index contributed by atoms with van der Waals surface area (Å²) in [6.07, 6.45) is 1.51. The average molecular weight is 304 g/mol. The van der Waals surface area contributed by atoms with Crippen LogP contribution < -0.4 is 5.73 Å². The smallest absolute Gasteiger partial charge is 0.275 e. The van der Waals surface area contributed by atoms with E-state index in [2.05, 4.69) is 9.97 Å². The summed E-state index contributed by atoms with van der Waals surface area (Å²) in [4.78, 5) is 23.9. The van der Waals surface area contributed by atoms with Crippen molar-refractivity contribution in [3.8, 4) is 0 Å². The third kappa shape index (κ3) is 3.21. The lowest BCUT2D eigenvalue weighted by Crippen LogP contribution is -2.31. The van der Waals surface area contributed by atoms with Gasteiger partial charge in [-0.2, -0.15) is 0 Å². The average Bonchev–Trinajstić information content (AvgIpc) is 2.99. The molecule has 0 saturated carbocycles. The van der Waals surface area contributed by atoms with Crippen LogP contribution in [-0.2, 0) is 0 Å². The highest BCUT2D eigenvalue weighted by Crippen LogP contribution is 2.25. The molecule has 0 saturated heterocycles. The van der Waals surface area contributed by atoms with Crippen molar-refractivity contribution in [1.29, 1.82) is 0 Å². The van der Waals surface area contributed by atoms with Gasteiger partial charge in [0, 0.05) is 17.8 Å². The molecule has 21 heavy (non-hydrogen) atoms. The third-order valence-electron chi connectivity index (χ3n) is 3.41. The Morgan fingerprint density at radius 1 is 1.38 bits per heavy atom. The highest BCUT2D eigenvalue weighted by molar-refractivity contribution is 7.10. The van der Waals surface area contributed by atoms with Crippen molar-refractivity contribution in [3.05, 3.63) is 40.1 Å². The van der Waals surface area contributed by atoms with E-state index >= 15 is 0 Å². The van der Waals surface area contributed by atoms with Crippen LogP contribution in [0.25, 0.3) is 0 Å². The molecule has 112 valence electrons. The maximum atomic E-state index is 12.6. The van der Waals surface area contributed by atoms with Crippen LogP contribution in [0, 0.1) is 0 Å². The van der Waals surface area contributed by atoms with E-state index < -0.39 is 0 Å². The zero-order chi connectivity index (χ0) is 15.6. The highest BCUT2D eigenvalue weighted by Gasteiger charge is 2.23. The molecule has 6 heteroatoms. The van der Waals surface area contributed by atoms with Gasteiger partial charge in [0.15, 0.2) is 5.69 Å². The van der Waals surface area contributed by atoms with Gasteiger partial charge in [0.1, 0.15) is 5.82 Å². The van der Waals surface area contributed by atoms with E-state index in [9.17, 15) is 4.79 Å². The van der Waals surface area contributed by atoms with E-state index in [1.807, 2.05) is 38.3 Å². The number of nitrogens with zero attached hydrogens (tertiary/aromatic N) is 3. The van der Waals surface area contributed by atoms with Crippen LogP contribution in [0.5, 0.6) is 0 Å². The first-order chi connectivity index (χ1) is 9.91. The molecule has 2 aromatic rings. The second-order valence-electron chi connectivity index (χ2n) is 5.29. The van der Waals surface area contributed by atoms with Crippen molar-refractivity contribution in [1.82, 2.24) is 14.9 Å². The summed E-state index contributed by atoms with van der Waals surface area (Å²) in [5.74, 6) is 0.597. The second-order valence-corrected chi connectivity index (χ2v) is 6.27. The van der Waals surface area contributed by atoms with E-state index in [-0.39, 0.29) is 23.6 Å². The van der Waals surface area contributed by atoms with Crippen LogP contribution in [0.15, 0.2) is 23.7 Å². The summed E-state index contributed by atoms with van der Waals surface area (Å²) < 4.78 is 0. The molecular weight excluding hydrogens is 284 g/mol. The summed E-state index contributed by atoms with van der Waals surface area (Å²) in [5, 5.41) is 2.00. The van der Waals surface area contributed by atoms with Gasteiger partial charge in [0.2, 0.25) is 0 Å². The van der Waals surface area contributed by atoms with E-state index in [1.54, 1.807) is 23.3 Å². The number of carbonyl (C=O) groups excluding carboxylic acids is 1. The fourth-order valence-corrected chi connectivity index (χ4v) is 2.74. The highest BCUT2D eigenvalue weighted by atomic mass is 32.1. The Morgan fingerprint density at radius 2 is 2.10 bits per heavy atom. The number of nitrogen functional groups attached to an aromatic ring is 1. The van der Waals surface area contributed by atoms with Gasteiger partial charge < -0.3 is 10.6 Å². The Bertz CT molecular complexity index is 625. The summed E-state index contributed by atoms with van der Waals surface area (Å²) in [5.41, 5.74) is 6.47. The number of carbonyl (C=O) groups is 1. The van der Waals surface area contributed by atoms with Crippen molar-refractivity contribution in [2.45, 2.75) is 32.7 Å². The Hall–Kier alpha value is -1.95. The number of anilines is 1. The first kappa shape index (κ1) is 15.4. The van der Waals surface area contributed by atoms with Crippen LogP contribution >= 0.6 is 11.3 Å². The summed E-state index contributed by atoms with van der Waals surface area (Å²) in [6, 6.07) is 3.97. The Morgan fingerprint density at radius 3 is 2.67 bits per heavy atom. The standard InChI is InChI=1S/C15H20N4OS/c1-9(2)14-17-8-11(16)13(18-14)15(20)19(4)10(3)12-6-5-7-21-12/h5-10H,16H2,1-4H3. The Labute approximate surface area is 128 Å². The van der Waals surface area contributed by atoms with E-state index in [4.69, 9.17) is 5.73 Å². The van der Waals surface area contributed by atoms with Crippen molar-refractivity contribution >= 4 is 22.9 Å². The molecule has 2 aromatic heterocycles. The van der Waals surface area contributed by atoms with E-state index in [0.29, 0.717) is 11.5 Å². The second kappa shape index (κ2) is 6.22. The van der Waals surface area contributed by atoms with Crippen molar-refractivity contribution in [3.63, 3.8) is 0 Å². The topological polar surface area (TPSA) is 72.1 Å². The molecule has 2 N–H and O–H groups in total. The van der Waals surface area contributed by atoms with E-state index in [0.717, 1.165) is 4.88 Å². The van der Waals surface area contributed by atoms with E-state index in [1.165, 1.54) is 6.20 Å². The fraction of sp³-hybridized carbons (Fsp3) is 0.400. The molecule has 0 aliphatic rings. The minimum atomic E-state index is -0.183. The first-order valence-electron chi connectivity index (χ1n) is 6.84. The maximum Gasteiger partial charge on any atom is 0.275 e. The summed E-state index contributed by atoms with van der Waals surface area (Å²) in [6.45, 7) is 5.96. The number of hydrogen-bond donors (Lipinski definition) is 1. The lowest BCUT2D eigenvalue weighted by Gasteiger charge is -2.24. The van der Waals surface area contributed by atoms with Crippen molar-refractivity contribution in [2.75, 3.05) is 12.8 Å². The van der Waals surface area contributed by atoms with Gasteiger partial charge in [-0.15, -0.1) is 11.3 Å². The van der Waals surface area contributed by atoms with Crippen LogP contribution in [0.1, 0.15) is 53.9 Å². The number of thiophene rings is 1. The van der Waals surface area contributed by atoms with Crippen molar-refractivity contribution in [2.24, 2.45) is 0 Å². The Balaban J connectivity index is 2.29. The van der Waals surface area contributed by atoms with Crippen LogP contribution in [0.3, 0.4) is 0 Å². The molecule has 2 rings (SSSR count). The number of nitrogens with two attached hydrogens (primary N) is 1. The molecule has 2 heterocycles. The number of amides is 1. The molecule has 0 aromatic carbocycles. The first-order valence-corrected chi connectivity index (χ1v) is 7.72. The lowest BCUT2D eigenvalue weighted by molar-refractivity contribution is 0.0739. The van der Waals surface area contributed by atoms with Gasteiger partial charge in [-0.1, -0.05) is 19.9 Å². The van der Waals surface area contributed by atoms with Gasteiger partial charge in [-0.25, -0.2) is 9.97 Å². The SMILES string of the molecule is CC(C)c1ncc(N)c(C(=O)N(C)C(C)c2cccs2)n1. The molecule has 0 spiro atoms. The summed E-state index contributed by atoms with van der Waals surface area (Å²) >= 11 is 1.63. The fourth-order valence-electron chi connectivity index (χ4n) is 1.92. The molecule has 0 bridgehead atoms. The molecular formula is C15H20N4OS. The number of rotatable bonds is 4. The van der Waals surface area contributed by atoms with Crippen LogP contribution in [-0.4, -0.2) is 27.8 Å². The zero-order valence-electron chi connectivity index (χ0n) is 12.7. The van der Waals surface area contributed by atoms with Gasteiger partial charge in [-0.3, -0.25) is 4.79 Å². The molecule has 0 fully saturated rings.